The fourth-order valence-electron chi connectivity index (χ4n) is 0.848. The summed E-state index contributed by atoms with van der Waals surface area (Å²) < 4.78 is 0. The summed E-state index contributed by atoms with van der Waals surface area (Å²) in [4.78, 5) is 3.01. The lowest BCUT2D eigenvalue weighted by molar-refractivity contribution is 1.08. The molecule has 8 heavy (non-hydrogen) atoms. The van der Waals surface area contributed by atoms with E-state index in [0.717, 1.165) is 6.54 Å². The molecule has 1 atom stereocenters. The first-order chi connectivity index (χ1) is 3.97. The molecule has 0 bridgehead atoms. The first-order valence-electron chi connectivity index (χ1n) is 2.83. The maximum atomic E-state index is 3.22. The van der Waals surface area contributed by atoms with Crippen molar-refractivity contribution >= 4 is 0 Å². The number of hydrogen-bond donors (Lipinski definition) is 2. The molecule has 0 spiro atoms. The third-order valence-electron chi connectivity index (χ3n) is 1.43. The van der Waals surface area contributed by atoms with Crippen molar-refractivity contribution < 1.29 is 0 Å². The smallest absolute Gasteiger partial charge is 0.0462 e. The van der Waals surface area contributed by atoms with Gasteiger partial charge in [-0.3, -0.25) is 0 Å². The molecule has 42 valence electrons. The highest BCUT2D eigenvalue weighted by Crippen LogP contribution is 2.19. The Balaban J connectivity index is 2.28. The van der Waals surface area contributed by atoms with Gasteiger partial charge in [0.05, 0.1) is 0 Å². The molecule has 1 saturated heterocycles. The standard InChI is InChI=1S/C6H8N2/c1-2-7-3-5(1)6-4-8-6/h1-3,6-8H,4H2. The van der Waals surface area contributed by atoms with Crippen molar-refractivity contribution in [3.63, 3.8) is 0 Å². The Labute approximate surface area is 47.9 Å². The van der Waals surface area contributed by atoms with E-state index in [1.807, 2.05) is 12.4 Å². The van der Waals surface area contributed by atoms with Crippen LogP contribution in [0.15, 0.2) is 18.5 Å². The van der Waals surface area contributed by atoms with Crippen molar-refractivity contribution in [3.05, 3.63) is 24.0 Å². The Morgan fingerprint density at radius 2 is 2.50 bits per heavy atom. The minimum Gasteiger partial charge on any atom is -0.367 e. The SMILES string of the molecule is c1cc(C2CN2)c[nH]1. The van der Waals surface area contributed by atoms with E-state index in [1.54, 1.807) is 0 Å². The number of hydrogen-bond acceptors (Lipinski definition) is 1. The van der Waals surface area contributed by atoms with Crippen LogP contribution in [0.1, 0.15) is 11.6 Å². The lowest BCUT2D eigenvalue weighted by atomic mass is 10.3. The maximum Gasteiger partial charge on any atom is 0.0462 e. The van der Waals surface area contributed by atoms with Crippen LogP contribution in [-0.4, -0.2) is 11.5 Å². The summed E-state index contributed by atoms with van der Waals surface area (Å²) in [7, 11) is 0. The van der Waals surface area contributed by atoms with Crippen molar-refractivity contribution in [2.24, 2.45) is 0 Å². The lowest BCUT2D eigenvalue weighted by Gasteiger charge is -1.81. The van der Waals surface area contributed by atoms with Crippen LogP contribution in [0.4, 0.5) is 0 Å². The number of aromatic nitrogens is 1. The summed E-state index contributed by atoms with van der Waals surface area (Å²) in [6, 6.07) is 2.76. The number of aromatic amines is 1. The summed E-state index contributed by atoms with van der Waals surface area (Å²) in [6.07, 6.45) is 3.99. The molecular formula is C6H8N2. The molecule has 2 rings (SSSR count). The number of nitrogens with one attached hydrogen (secondary N) is 2. The summed E-state index contributed by atoms with van der Waals surface area (Å²) in [6.45, 7) is 1.15. The van der Waals surface area contributed by atoms with E-state index in [2.05, 4.69) is 16.4 Å². The molecule has 0 aliphatic carbocycles. The van der Waals surface area contributed by atoms with Gasteiger partial charge in [-0.15, -0.1) is 0 Å². The fourth-order valence-corrected chi connectivity index (χ4v) is 0.848. The van der Waals surface area contributed by atoms with Gasteiger partial charge in [0, 0.05) is 25.0 Å². The molecule has 1 aliphatic heterocycles. The molecular weight excluding hydrogens is 100 g/mol. The molecule has 1 fully saturated rings. The monoisotopic (exact) mass is 108 g/mol. The normalized spacial score (nSPS) is 25.8. The average molecular weight is 108 g/mol. The topological polar surface area (TPSA) is 37.7 Å². The van der Waals surface area contributed by atoms with Gasteiger partial charge in [0.2, 0.25) is 0 Å². The summed E-state index contributed by atoms with van der Waals surface area (Å²) in [5, 5.41) is 3.22. The van der Waals surface area contributed by atoms with E-state index in [4.69, 9.17) is 0 Å². The van der Waals surface area contributed by atoms with Gasteiger partial charge in [0.25, 0.3) is 0 Å². The van der Waals surface area contributed by atoms with Crippen LogP contribution >= 0.6 is 0 Å². The van der Waals surface area contributed by atoms with Crippen LogP contribution in [-0.2, 0) is 0 Å². The highest BCUT2D eigenvalue weighted by Gasteiger charge is 2.21. The van der Waals surface area contributed by atoms with Gasteiger partial charge in [-0.1, -0.05) is 0 Å². The van der Waals surface area contributed by atoms with E-state index < -0.39 is 0 Å². The Morgan fingerprint density at radius 3 is 3.00 bits per heavy atom. The molecule has 0 radical (unpaired) electrons. The molecule has 0 amide bonds. The van der Waals surface area contributed by atoms with Crippen LogP contribution < -0.4 is 5.32 Å². The molecule has 2 N–H and O–H groups in total. The predicted molar refractivity (Wildman–Crippen MR) is 31.5 cm³/mol. The van der Waals surface area contributed by atoms with Gasteiger partial charge in [0.1, 0.15) is 0 Å². The second-order valence-corrected chi connectivity index (χ2v) is 2.11. The Hall–Kier alpha value is -0.760. The van der Waals surface area contributed by atoms with E-state index in [-0.39, 0.29) is 0 Å². The highest BCUT2D eigenvalue weighted by atomic mass is 15.1. The maximum absolute atomic E-state index is 3.22. The van der Waals surface area contributed by atoms with Crippen molar-refractivity contribution in [2.45, 2.75) is 6.04 Å². The summed E-state index contributed by atoms with van der Waals surface area (Å²) in [5.74, 6) is 0. The average Bonchev–Trinajstić information content (AvgIpc) is 2.49. The number of rotatable bonds is 1. The Morgan fingerprint density at radius 1 is 1.62 bits per heavy atom. The summed E-state index contributed by atoms with van der Waals surface area (Å²) >= 11 is 0. The second kappa shape index (κ2) is 1.36. The van der Waals surface area contributed by atoms with Crippen LogP contribution in [0.3, 0.4) is 0 Å². The Bertz CT molecular complexity index is 163. The van der Waals surface area contributed by atoms with Crippen molar-refractivity contribution in [1.29, 1.82) is 0 Å². The quantitative estimate of drug-likeness (QED) is 0.509. The largest absolute Gasteiger partial charge is 0.367 e. The second-order valence-electron chi connectivity index (χ2n) is 2.11. The van der Waals surface area contributed by atoms with E-state index in [1.165, 1.54) is 5.56 Å². The van der Waals surface area contributed by atoms with Crippen LogP contribution in [0, 0.1) is 0 Å². The van der Waals surface area contributed by atoms with Gasteiger partial charge in [-0.2, -0.15) is 0 Å². The highest BCUT2D eigenvalue weighted by molar-refractivity contribution is 5.18. The first kappa shape index (κ1) is 4.15. The zero-order valence-corrected chi connectivity index (χ0v) is 4.52. The Kier molecular flexibility index (Phi) is 0.704. The zero-order chi connectivity index (χ0) is 5.40. The molecule has 2 nitrogen and oxygen atoms in total. The van der Waals surface area contributed by atoms with Gasteiger partial charge in [-0.25, -0.2) is 0 Å². The molecule has 0 saturated carbocycles. The van der Waals surface area contributed by atoms with Crippen LogP contribution in [0.5, 0.6) is 0 Å². The first-order valence-corrected chi connectivity index (χ1v) is 2.83. The molecule has 1 aromatic heterocycles. The molecule has 1 unspecified atom stereocenters. The predicted octanol–water partition coefficient (Wildman–Crippen LogP) is 0.659. The minimum atomic E-state index is 0.654. The van der Waals surface area contributed by atoms with Gasteiger partial charge in [-0.05, 0) is 11.6 Å². The van der Waals surface area contributed by atoms with E-state index in [9.17, 15) is 0 Å². The third-order valence-corrected chi connectivity index (χ3v) is 1.43. The lowest BCUT2D eigenvalue weighted by Crippen LogP contribution is -1.76. The van der Waals surface area contributed by atoms with Gasteiger partial charge < -0.3 is 10.3 Å². The molecule has 2 heterocycles. The van der Waals surface area contributed by atoms with E-state index >= 15 is 0 Å². The van der Waals surface area contributed by atoms with Crippen LogP contribution in [0.25, 0.3) is 0 Å². The summed E-state index contributed by atoms with van der Waals surface area (Å²) in [5.41, 5.74) is 1.38. The molecule has 2 heteroatoms. The van der Waals surface area contributed by atoms with E-state index in [0.29, 0.717) is 6.04 Å². The van der Waals surface area contributed by atoms with Crippen molar-refractivity contribution in [3.8, 4) is 0 Å². The molecule has 1 aliphatic rings. The molecule has 1 aromatic rings. The number of H-pyrrole nitrogens is 1. The minimum absolute atomic E-state index is 0.654. The fraction of sp³-hybridized carbons (Fsp3) is 0.333. The van der Waals surface area contributed by atoms with Gasteiger partial charge >= 0.3 is 0 Å². The third kappa shape index (κ3) is 0.537. The van der Waals surface area contributed by atoms with Gasteiger partial charge in [0.15, 0.2) is 0 Å². The molecule has 0 aromatic carbocycles. The van der Waals surface area contributed by atoms with Crippen molar-refractivity contribution in [1.82, 2.24) is 10.3 Å². The van der Waals surface area contributed by atoms with Crippen LogP contribution in [0.2, 0.25) is 0 Å². The van der Waals surface area contributed by atoms with Crippen molar-refractivity contribution in [2.75, 3.05) is 6.54 Å². The zero-order valence-electron chi connectivity index (χ0n) is 4.52.